The Morgan fingerprint density at radius 2 is 2.03 bits per heavy atom. The van der Waals surface area contributed by atoms with Crippen LogP contribution in [0.15, 0.2) is 35.1 Å². The third-order valence-electron chi connectivity index (χ3n) is 7.73. The molecule has 6 rings (SSSR count). The first-order valence-corrected chi connectivity index (χ1v) is 12.1. The van der Waals surface area contributed by atoms with Crippen molar-refractivity contribution >= 4 is 34.3 Å². The van der Waals surface area contributed by atoms with Gasteiger partial charge in [-0.2, -0.15) is 0 Å². The van der Waals surface area contributed by atoms with Gasteiger partial charge in [-0.3, -0.25) is 14.8 Å². The van der Waals surface area contributed by atoms with Gasteiger partial charge in [0, 0.05) is 37.4 Å². The van der Waals surface area contributed by atoms with Crippen molar-refractivity contribution in [2.24, 2.45) is 17.6 Å². The van der Waals surface area contributed by atoms with E-state index in [1.807, 2.05) is 18.3 Å². The molecule has 4 heterocycles. The van der Waals surface area contributed by atoms with Crippen LogP contribution in [-0.2, 0) is 0 Å². The number of aromatic nitrogens is 2. The van der Waals surface area contributed by atoms with Gasteiger partial charge in [-0.15, -0.1) is 0 Å². The number of pyridine rings is 2. The molecule has 3 atom stereocenters. The van der Waals surface area contributed by atoms with Gasteiger partial charge >= 0.3 is 0 Å². The molecule has 1 aliphatic heterocycles. The molecule has 2 saturated carbocycles. The van der Waals surface area contributed by atoms with Gasteiger partial charge in [-0.1, -0.05) is 6.42 Å². The second-order valence-electron chi connectivity index (χ2n) is 9.99. The highest BCUT2D eigenvalue weighted by atomic mass is 16.3. The summed E-state index contributed by atoms with van der Waals surface area (Å²) in [4.78, 5) is 24.2. The predicted octanol–water partition coefficient (Wildman–Crippen LogP) is 2.86. The predicted molar refractivity (Wildman–Crippen MR) is 130 cm³/mol. The van der Waals surface area contributed by atoms with Gasteiger partial charge < -0.3 is 31.2 Å². The quantitative estimate of drug-likeness (QED) is 0.453. The number of hydrogen-bond donors (Lipinski definition) is 4. The maximum absolute atomic E-state index is 13.3. The summed E-state index contributed by atoms with van der Waals surface area (Å²) < 4.78 is 5.72. The van der Waals surface area contributed by atoms with Crippen LogP contribution in [0.5, 0.6) is 0 Å². The highest BCUT2D eigenvalue weighted by Crippen LogP contribution is 2.43. The van der Waals surface area contributed by atoms with E-state index in [2.05, 4.69) is 20.2 Å². The van der Waals surface area contributed by atoms with Crippen LogP contribution in [0.1, 0.15) is 53.9 Å². The number of furan rings is 1. The summed E-state index contributed by atoms with van der Waals surface area (Å²) in [5.74, 6) is 0.801. The molecule has 178 valence electrons. The van der Waals surface area contributed by atoms with Crippen LogP contribution < -0.4 is 21.7 Å². The monoisotopic (exact) mass is 462 g/mol. The fraction of sp³-hybridized carbons (Fsp3) is 0.480. The Morgan fingerprint density at radius 1 is 1.21 bits per heavy atom. The van der Waals surface area contributed by atoms with Crippen LogP contribution in [0, 0.1) is 11.8 Å². The van der Waals surface area contributed by atoms with E-state index in [0.29, 0.717) is 41.7 Å². The zero-order valence-corrected chi connectivity index (χ0v) is 19.0. The number of fused-ring (bicyclic) bond motifs is 1. The minimum Gasteiger partial charge on any atom is -0.438 e. The number of amides is 1. The van der Waals surface area contributed by atoms with E-state index < -0.39 is 12.0 Å². The number of nitrogens with one attached hydrogen (secondary N) is 1. The zero-order valence-electron chi connectivity index (χ0n) is 19.0. The maximum atomic E-state index is 13.3. The molecule has 3 fully saturated rings. The zero-order chi connectivity index (χ0) is 23.4. The van der Waals surface area contributed by atoms with Crippen molar-refractivity contribution in [3.63, 3.8) is 0 Å². The molecule has 34 heavy (non-hydrogen) atoms. The van der Waals surface area contributed by atoms with Crippen LogP contribution >= 0.6 is 0 Å². The molecule has 2 aliphatic carbocycles. The van der Waals surface area contributed by atoms with Crippen LogP contribution in [0.3, 0.4) is 0 Å². The fourth-order valence-electron chi connectivity index (χ4n) is 5.41. The summed E-state index contributed by atoms with van der Waals surface area (Å²) in [5, 5.41) is 13.6. The average molecular weight is 463 g/mol. The number of carbonyl (C=O) groups is 1. The van der Waals surface area contributed by atoms with E-state index in [0.717, 1.165) is 36.9 Å². The van der Waals surface area contributed by atoms with Crippen molar-refractivity contribution in [3.05, 3.63) is 41.9 Å². The molecule has 1 saturated heterocycles. The van der Waals surface area contributed by atoms with E-state index in [9.17, 15) is 9.90 Å². The first-order chi connectivity index (χ1) is 16.5. The Hall–Kier alpha value is -3.17. The molecular formula is C25H30N6O3. The highest BCUT2D eigenvalue weighted by Gasteiger charge is 2.43. The van der Waals surface area contributed by atoms with E-state index in [4.69, 9.17) is 15.9 Å². The summed E-state index contributed by atoms with van der Waals surface area (Å²) in [7, 11) is 0. The lowest BCUT2D eigenvalue weighted by molar-refractivity contribution is 0.0594. The van der Waals surface area contributed by atoms with Crippen LogP contribution in [0.25, 0.3) is 11.1 Å². The van der Waals surface area contributed by atoms with Crippen molar-refractivity contribution in [1.82, 2.24) is 9.97 Å². The highest BCUT2D eigenvalue weighted by molar-refractivity contribution is 6.15. The number of rotatable bonds is 5. The topological polar surface area (TPSA) is 144 Å². The molecule has 1 amide bonds. The molecular weight excluding hydrogens is 432 g/mol. The number of piperidine rings is 1. The number of aliphatic hydroxyl groups is 1. The van der Waals surface area contributed by atoms with Gasteiger partial charge in [-0.05, 0) is 55.2 Å². The van der Waals surface area contributed by atoms with Gasteiger partial charge in [0.25, 0.3) is 5.91 Å². The standard InChI is InChI=1S/C25H30N6O3/c26-17-12-31(11-16(23(17)32)14-4-5-14)19-6-7-28-10-18(19)30-25(33)21-22-20(34-24(21)27)8-15(9-29-22)13-2-1-3-13/h6-10,13-14,16-17,23,32H,1-5,11-12,26-27H2,(H,30,33)/t16?,17-,23-/m1/s1. The Balaban J connectivity index is 1.27. The number of hydrogen-bond acceptors (Lipinski definition) is 8. The Bertz CT molecular complexity index is 1230. The molecule has 3 aromatic rings. The van der Waals surface area contributed by atoms with Gasteiger partial charge in [0.05, 0.1) is 23.7 Å². The third-order valence-corrected chi connectivity index (χ3v) is 7.73. The summed E-state index contributed by atoms with van der Waals surface area (Å²) >= 11 is 0. The summed E-state index contributed by atoms with van der Waals surface area (Å²) in [6.07, 6.45) is 10.4. The van der Waals surface area contributed by atoms with Crippen molar-refractivity contribution in [1.29, 1.82) is 0 Å². The minimum absolute atomic E-state index is 0.0492. The van der Waals surface area contributed by atoms with Crippen LogP contribution in [0.2, 0.25) is 0 Å². The smallest absolute Gasteiger partial charge is 0.263 e. The number of aliphatic hydroxyl groups excluding tert-OH is 1. The molecule has 3 aliphatic rings. The Labute approximate surface area is 197 Å². The molecule has 0 spiro atoms. The van der Waals surface area contributed by atoms with E-state index in [-0.39, 0.29) is 23.4 Å². The summed E-state index contributed by atoms with van der Waals surface area (Å²) in [5.41, 5.74) is 16.1. The third kappa shape index (κ3) is 3.69. The lowest BCUT2D eigenvalue weighted by Crippen LogP contribution is -2.57. The lowest BCUT2D eigenvalue weighted by atomic mass is 9.81. The normalized spacial score (nSPS) is 25.4. The number of carbonyl (C=O) groups excluding carboxylic acids is 1. The minimum atomic E-state index is -0.503. The van der Waals surface area contributed by atoms with Gasteiger partial charge in [-0.25, -0.2) is 0 Å². The van der Waals surface area contributed by atoms with Crippen molar-refractivity contribution in [3.8, 4) is 0 Å². The van der Waals surface area contributed by atoms with E-state index >= 15 is 0 Å². The molecule has 9 heteroatoms. The average Bonchev–Trinajstić information content (AvgIpc) is 3.56. The largest absolute Gasteiger partial charge is 0.438 e. The summed E-state index contributed by atoms with van der Waals surface area (Å²) in [6.45, 7) is 1.19. The molecule has 6 N–H and O–H groups in total. The number of nitrogens with two attached hydrogens (primary N) is 2. The van der Waals surface area contributed by atoms with Gasteiger partial charge in [0.15, 0.2) is 5.58 Å². The number of anilines is 3. The van der Waals surface area contributed by atoms with Gasteiger partial charge in [0.2, 0.25) is 5.88 Å². The van der Waals surface area contributed by atoms with Crippen molar-refractivity contribution < 1.29 is 14.3 Å². The SMILES string of the molecule is Nc1oc2cc(C3CCC3)cnc2c1C(=O)Nc1cnccc1N1CC(C2CC2)[C@@H](O)[C@H](N)C1. The second kappa shape index (κ2) is 8.25. The van der Waals surface area contributed by atoms with E-state index in [1.165, 1.54) is 6.42 Å². The lowest BCUT2D eigenvalue weighted by Gasteiger charge is -2.42. The molecule has 0 radical (unpaired) electrons. The summed E-state index contributed by atoms with van der Waals surface area (Å²) in [6, 6.07) is 3.47. The number of nitrogen functional groups attached to an aromatic ring is 1. The second-order valence-corrected chi connectivity index (χ2v) is 9.99. The Morgan fingerprint density at radius 3 is 2.76 bits per heavy atom. The number of nitrogens with zero attached hydrogens (tertiary/aromatic N) is 3. The molecule has 1 unspecified atom stereocenters. The molecule has 0 bridgehead atoms. The fourth-order valence-corrected chi connectivity index (χ4v) is 5.41. The van der Waals surface area contributed by atoms with Crippen LogP contribution in [-0.4, -0.2) is 46.2 Å². The van der Waals surface area contributed by atoms with Crippen molar-refractivity contribution in [2.45, 2.75) is 50.2 Å². The maximum Gasteiger partial charge on any atom is 0.263 e. The molecule has 3 aromatic heterocycles. The van der Waals surface area contributed by atoms with Crippen molar-refractivity contribution in [2.75, 3.05) is 29.0 Å². The van der Waals surface area contributed by atoms with Crippen LogP contribution in [0.4, 0.5) is 17.3 Å². The molecule has 9 nitrogen and oxygen atoms in total. The van der Waals surface area contributed by atoms with E-state index in [1.54, 1.807) is 12.4 Å². The first-order valence-electron chi connectivity index (χ1n) is 12.1. The molecule has 0 aromatic carbocycles. The first kappa shape index (κ1) is 21.4. The van der Waals surface area contributed by atoms with Gasteiger partial charge in [0.1, 0.15) is 11.1 Å². The Kier molecular flexibility index (Phi) is 5.18.